The Bertz CT molecular complexity index is 1370. The van der Waals surface area contributed by atoms with E-state index in [0.717, 1.165) is 12.1 Å². The second-order valence-corrected chi connectivity index (χ2v) is 7.69. The Balaban J connectivity index is 1.58. The van der Waals surface area contributed by atoms with Crippen molar-refractivity contribution in [3.05, 3.63) is 71.8 Å². The summed E-state index contributed by atoms with van der Waals surface area (Å²) in [4.78, 5) is 38.5. The number of hydrogen-bond acceptors (Lipinski definition) is 5. The molecule has 3 aromatic rings. The molecule has 2 heterocycles. The van der Waals surface area contributed by atoms with Crippen LogP contribution in [-0.4, -0.2) is 39.7 Å². The molecule has 0 fully saturated rings. The van der Waals surface area contributed by atoms with E-state index < -0.39 is 41.3 Å². The van der Waals surface area contributed by atoms with E-state index in [4.69, 9.17) is 0 Å². The molecule has 0 saturated heterocycles. The molecule has 0 bridgehead atoms. The van der Waals surface area contributed by atoms with Crippen molar-refractivity contribution in [3.8, 4) is 5.69 Å². The number of carbonyl (C=O) groups excluding carboxylic acids is 2. The number of aromatic nitrogens is 1. The molecule has 4 rings (SSSR count). The van der Waals surface area contributed by atoms with Gasteiger partial charge in [0.05, 0.1) is 22.6 Å². The lowest BCUT2D eigenvalue weighted by Gasteiger charge is -2.24. The fourth-order valence-corrected chi connectivity index (χ4v) is 3.53. The molecule has 9 nitrogen and oxygen atoms in total. The average molecular weight is 503 g/mol. The maximum absolute atomic E-state index is 13.9. The van der Waals surface area contributed by atoms with Crippen molar-refractivity contribution in [2.75, 3.05) is 10.6 Å². The summed E-state index contributed by atoms with van der Waals surface area (Å²) in [5.41, 5.74) is -1.33. The number of aldehydes is 1. The number of fused-ring (bicyclic) bond motifs is 1. The Kier molecular flexibility index (Phi) is 6.47. The lowest BCUT2D eigenvalue weighted by Crippen LogP contribution is -2.38. The third-order valence-corrected chi connectivity index (χ3v) is 5.21. The van der Waals surface area contributed by atoms with Crippen LogP contribution in [0.5, 0.6) is 0 Å². The van der Waals surface area contributed by atoms with Crippen LogP contribution < -0.4 is 16.0 Å². The monoisotopic (exact) mass is 503 g/mol. The number of nitrogens with one attached hydrogen (secondary N) is 3. The molecule has 1 unspecified atom stereocenters. The predicted molar refractivity (Wildman–Crippen MR) is 121 cm³/mol. The number of carboxylic acid groups (broad SMARTS) is 1. The topological polar surface area (TPSA) is 125 Å². The number of nitrogens with zero attached hydrogens (tertiary/aromatic N) is 2. The molecule has 2 amide bonds. The average Bonchev–Trinajstić information content (AvgIpc) is 3.31. The number of aliphatic imine (C=N–C) groups is 1. The Morgan fingerprint density at radius 2 is 1.89 bits per heavy atom. The molecule has 0 spiro atoms. The number of urea groups is 1. The highest BCUT2D eigenvalue weighted by Crippen LogP contribution is 2.41. The van der Waals surface area contributed by atoms with Crippen molar-refractivity contribution in [3.63, 3.8) is 0 Å². The van der Waals surface area contributed by atoms with Crippen LogP contribution in [0.3, 0.4) is 0 Å². The van der Waals surface area contributed by atoms with Gasteiger partial charge in [0.25, 0.3) is 0 Å². The van der Waals surface area contributed by atoms with E-state index in [0.29, 0.717) is 11.3 Å². The van der Waals surface area contributed by atoms with E-state index in [2.05, 4.69) is 20.9 Å². The number of carbonyl (C=O) groups is 3. The van der Waals surface area contributed by atoms with E-state index in [1.54, 1.807) is 0 Å². The zero-order valence-electron chi connectivity index (χ0n) is 18.1. The van der Waals surface area contributed by atoms with E-state index in [1.165, 1.54) is 47.3 Å². The number of rotatable bonds is 6. The SMILES string of the molecule is O=CC1Nc2cc(C(F)(F)F)c(-n3ccc(CNC(=O)Nc4ccc(F)cc4)c3)cc2N=C1C(=O)O. The quantitative estimate of drug-likeness (QED) is 0.298. The molecule has 0 aliphatic carbocycles. The zero-order chi connectivity index (χ0) is 26.0. The maximum atomic E-state index is 13.9. The number of aliphatic carboxylic acids is 1. The molecular formula is C23H17F4N5O4. The van der Waals surface area contributed by atoms with Crippen molar-refractivity contribution < 1.29 is 37.1 Å². The Morgan fingerprint density at radius 1 is 1.17 bits per heavy atom. The summed E-state index contributed by atoms with van der Waals surface area (Å²) in [5, 5.41) is 16.8. The van der Waals surface area contributed by atoms with E-state index in [9.17, 15) is 37.1 Å². The van der Waals surface area contributed by atoms with Crippen LogP contribution in [0.4, 0.5) is 39.4 Å². The first kappa shape index (κ1) is 24.4. The number of benzene rings is 2. The van der Waals surface area contributed by atoms with E-state index >= 15 is 0 Å². The predicted octanol–water partition coefficient (Wildman–Crippen LogP) is 4.11. The lowest BCUT2D eigenvalue weighted by molar-refractivity contribution is -0.137. The van der Waals surface area contributed by atoms with Crippen LogP contribution in [0.15, 0.2) is 59.9 Å². The minimum atomic E-state index is -4.78. The minimum absolute atomic E-state index is 0.0315. The van der Waals surface area contributed by atoms with Crippen LogP contribution in [0.2, 0.25) is 0 Å². The standard InChI is InChI=1S/C23H17F4N5O4/c24-13-1-3-14(4-2-13)29-22(36)28-9-12-5-6-32(10-12)19-8-17-16(7-15(19)23(25,26)27)30-18(11-33)20(31-17)21(34)35/h1-8,10-11,18,30H,9H2,(H,34,35)(H2,28,29,36). The van der Waals surface area contributed by atoms with Crippen molar-refractivity contribution in [2.24, 2.45) is 4.99 Å². The van der Waals surface area contributed by atoms with Gasteiger partial charge in [0.1, 0.15) is 18.1 Å². The van der Waals surface area contributed by atoms with Crippen LogP contribution >= 0.6 is 0 Å². The van der Waals surface area contributed by atoms with Gasteiger partial charge in [0.15, 0.2) is 5.71 Å². The summed E-state index contributed by atoms with van der Waals surface area (Å²) in [7, 11) is 0. The Labute approximate surface area is 200 Å². The molecule has 2 aromatic carbocycles. The summed E-state index contributed by atoms with van der Waals surface area (Å²) in [6.45, 7) is -0.0315. The van der Waals surface area contributed by atoms with Crippen LogP contribution in [0.1, 0.15) is 11.1 Å². The van der Waals surface area contributed by atoms with Gasteiger partial charge < -0.3 is 30.4 Å². The second-order valence-electron chi connectivity index (χ2n) is 7.69. The minimum Gasteiger partial charge on any atom is -0.477 e. The van der Waals surface area contributed by atoms with Gasteiger partial charge in [-0.3, -0.25) is 0 Å². The van der Waals surface area contributed by atoms with Crippen molar-refractivity contribution >= 4 is 41.1 Å². The summed E-state index contributed by atoms with van der Waals surface area (Å²) in [5.74, 6) is -1.95. The third-order valence-electron chi connectivity index (χ3n) is 5.21. The van der Waals surface area contributed by atoms with Gasteiger partial charge in [-0.25, -0.2) is 19.0 Å². The summed E-state index contributed by atoms with van der Waals surface area (Å²) >= 11 is 0. The van der Waals surface area contributed by atoms with Gasteiger partial charge in [0.2, 0.25) is 0 Å². The first-order valence-corrected chi connectivity index (χ1v) is 10.3. The normalized spacial score (nSPS) is 14.8. The molecule has 0 saturated carbocycles. The summed E-state index contributed by atoms with van der Waals surface area (Å²) < 4.78 is 55.7. The number of carboxylic acids is 1. The highest BCUT2D eigenvalue weighted by molar-refractivity contribution is 6.42. The maximum Gasteiger partial charge on any atom is 0.418 e. The van der Waals surface area contributed by atoms with Gasteiger partial charge in [-0.2, -0.15) is 13.2 Å². The second kappa shape index (κ2) is 9.52. The highest BCUT2D eigenvalue weighted by Gasteiger charge is 2.37. The summed E-state index contributed by atoms with van der Waals surface area (Å²) in [6, 6.07) is 6.39. The number of anilines is 2. The van der Waals surface area contributed by atoms with Crippen LogP contribution in [0.25, 0.3) is 5.69 Å². The van der Waals surface area contributed by atoms with Crippen LogP contribution in [-0.2, 0) is 22.3 Å². The highest BCUT2D eigenvalue weighted by atomic mass is 19.4. The van der Waals surface area contributed by atoms with Crippen molar-refractivity contribution in [1.82, 2.24) is 9.88 Å². The third kappa shape index (κ3) is 5.19. The van der Waals surface area contributed by atoms with Gasteiger partial charge in [-0.15, -0.1) is 0 Å². The number of amides is 2. The fraction of sp³-hybridized carbons (Fsp3) is 0.130. The zero-order valence-corrected chi connectivity index (χ0v) is 18.1. The number of halogens is 4. The van der Waals surface area contributed by atoms with Gasteiger partial charge in [-0.1, -0.05) is 0 Å². The molecule has 0 radical (unpaired) electrons. The molecule has 13 heteroatoms. The number of hydrogen-bond donors (Lipinski definition) is 4. The first-order chi connectivity index (χ1) is 17.0. The lowest BCUT2D eigenvalue weighted by atomic mass is 10.0. The van der Waals surface area contributed by atoms with Crippen LogP contribution in [0, 0.1) is 5.82 Å². The molecule has 186 valence electrons. The van der Waals surface area contributed by atoms with Gasteiger partial charge in [0, 0.05) is 24.6 Å². The first-order valence-electron chi connectivity index (χ1n) is 10.3. The largest absolute Gasteiger partial charge is 0.477 e. The van der Waals surface area contributed by atoms with Crippen molar-refractivity contribution in [2.45, 2.75) is 18.8 Å². The molecular weight excluding hydrogens is 486 g/mol. The Hall–Kier alpha value is -4.68. The molecule has 1 atom stereocenters. The molecule has 1 aliphatic heterocycles. The number of alkyl halides is 3. The molecule has 1 aliphatic rings. The Morgan fingerprint density at radius 3 is 2.53 bits per heavy atom. The smallest absolute Gasteiger partial charge is 0.418 e. The van der Waals surface area contributed by atoms with Crippen molar-refractivity contribution in [1.29, 1.82) is 0 Å². The van der Waals surface area contributed by atoms with Gasteiger partial charge in [-0.05, 0) is 48.0 Å². The van der Waals surface area contributed by atoms with E-state index in [-0.39, 0.29) is 29.9 Å². The van der Waals surface area contributed by atoms with E-state index in [1.807, 2.05) is 0 Å². The molecule has 36 heavy (non-hydrogen) atoms. The summed E-state index contributed by atoms with van der Waals surface area (Å²) in [6.07, 6.45) is -1.83. The molecule has 1 aromatic heterocycles. The van der Waals surface area contributed by atoms with Gasteiger partial charge >= 0.3 is 18.2 Å². The molecule has 4 N–H and O–H groups in total. The fourth-order valence-electron chi connectivity index (χ4n) is 3.53.